The van der Waals surface area contributed by atoms with Gasteiger partial charge in [0.25, 0.3) is 17.5 Å². The van der Waals surface area contributed by atoms with E-state index in [1.54, 1.807) is 19.1 Å². The number of fused-ring (bicyclic) bond motifs is 1. The summed E-state index contributed by atoms with van der Waals surface area (Å²) in [5.41, 5.74) is 0.767. The molecule has 1 heterocycles. The Morgan fingerprint density at radius 3 is 2.42 bits per heavy atom. The molecule has 0 aliphatic carbocycles. The second kappa shape index (κ2) is 8.42. The molecule has 2 aromatic rings. The molecule has 0 bridgehead atoms. The lowest BCUT2D eigenvalue weighted by atomic mass is 10.0. The molecule has 1 aliphatic heterocycles. The van der Waals surface area contributed by atoms with Crippen LogP contribution < -0.4 is 14.8 Å². The third-order valence-electron chi connectivity index (χ3n) is 5.09. The molecule has 0 saturated carbocycles. The lowest BCUT2D eigenvalue weighted by Gasteiger charge is -2.20. The summed E-state index contributed by atoms with van der Waals surface area (Å²) >= 11 is 0. The second-order valence-electron chi connectivity index (χ2n) is 7.01. The van der Waals surface area contributed by atoms with E-state index in [1.807, 2.05) is 6.92 Å². The quantitative estimate of drug-likeness (QED) is 0.408. The Morgan fingerprint density at radius 2 is 1.81 bits per heavy atom. The van der Waals surface area contributed by atoms with Crippen LogP contribution in [0.2, 0.25) is 0 Å². The molecule has 1 aliphatic rings. The number of methoxy groups -OCH3 is 2. The minimum Gasteiger partial charge on any atom is -0.493 e. The first kappa shape index (κ1) is 21.8. The lowest BCUT2D eigenvalue weighted by Crippen LogP contribution is -2.41. The second-order valence-corrected chi connectivity index (χ2v) is 7.01. The van der Waals surface area contributed by atoms with Crippen LogP contribution in [-0.2, 0) is 4.79 Å². The first-order valence-electron chi connectivity index (χ1n) is 9.35. The van der Waals surface area contributed by atoms with Crippen molar-refractivity contribution in [2.75, 3.05) is 20.8 Å². The average Bonchev–Trinajstić information content (AvgIpc) is 2.98. The molecule has 0 spiro atoms. The summed E-state index contributed by atoms with van der Waals surface area (Å²) in [6.45, 7) is 3.04. The molecule has 0 saturated heterocycles. The van der Waals surface area contributed by atoms with Gasteiger partial charge in [-0.1, -0.05) is 6.07 Å². The molecular weight excluding hydrogens is 406 g/mol. The van der Waals surface area contributed by atoms with Crippen LogP contribution in [0.15, 0.2) is 30.3 Å². The van der Waals surface area contributed by atoms with E-state index >= 15 is 0 Å². The van der Waals surface area contributed by atoms with Gasteiger partial charge in [0.05, 0.1) is 30.7 Å². The molecule has 0 radical (unpaired) electrons. The van der Waals surface area contributed by atoms with Crippen molar-refractivity contribution in [1.29, 1.82) is 0 Å². The number of nitro groups is 1. The zero-order chi connectivity index (χ0) is 22.9. The Morgan fingerprint density at radius 1 is 1.16 bits per heavy atom. The number of imide groups is 1. The van der Waals surface area contributed by atoms with Crippen molar-refractivity contribution in [3.05, 3.63) is 62.7 Å². The van der Waals surface area contributed by atoms with Crippen molar-refractivity contribution in [3.8, 4) is 11.5 Å². The normalized spacial score (nSPS) is 13.6. The molecule has 3 amide bonds. The number of nitrogens with one attached hydrogen (secondary N) is 1. The van der Waals surface area contributed by atoms with Crippen LogP contribution in [-0.4, -0.2) is 48.3 Å². The smallest absolute Gasteiger partial charge is 0.282 e. The van der Waals surface area contributed by atoms with Gasteiger partial charge in [0.1, 0.15) is 12.1 Å². The summed E-state index contributed by atoms with van der Waals surface area (Å²) in [4.78, 5) is 48.9. The topological polar surface area (TPSA) is 128 Å². The van der Waals surface area contributed by atoms with Crippen molar-refractivity contribution in [1.82, 2.24) is 10.2 Å². The van der Waals surface area contributed by atoms with Crippen LogP contribution in [0.5, 0.6) is 11.5 Å². The van der Waals surface area contributed by atoms with Crippen LogP contribution >= 0.6 is 0 Å². The molecule has 0 fully saturated rings. The lowest BCUT2D eigenvalue weighted by molar-refractivity contribution is -0.385. The predicted octanol–water partition coefficient (Wildman–Crippen LogP) is 2.39. The minimum absolute atomic E-state index is 0.0872. The number of hydrogen-bond acceptors (Lipinski definition) is 7. The Labute approximate surface area is 177 Å². The first-order chi connectivity index (χ1) is 14.7. The maximum absolute atomic E-state index is 12.6. The standard InChI is InChI=1S/C21H21N3O7/c1-11-8-16(30-3)17(31-4)9-14(11)12(2)22-18(25)10-23-20(26)13-6-5-7-15(24(28)29)19(13)21(23)27/h5-9,12H,10H2,1-4H3,(H,22,25)/t12-/m1/s1. The molecular formula is C21H21N3O7. The number of ether oxygens (including phenoxy) is 2. The third-order valence-corrected chi connectivity index (χ3v) is 5.09. The van der Waals surface area contributed by atoms with E-state index in [9.17, 15) is 24.5 Å². The number of hydrogen-bond donors (Lipinski definition) is 1. The molecule has 162 valence electrons. The Bertz CT molecular complexity index is 1100. The first-order valence-corrected chi connectivity index (χ1v) is 9.35. The van der Waals surface area contributed by atoms with Crippen molar-refractivity contribution in [2.24, 2.45) is 0 Å². The highest BCUT2D eigenvalue weighted by Gasteiger charge is 2.41. The van der Waals surface area contributed by atoms with Gasteiger partial charge in [0.15, 0.2) is 11.5 Å². The number of carbonyl (C=O) groups is 3. The molecule has 0 aromatic heterocycles. The van der Waals surface area contributed by atoms with Gasteiger partial charge in [-0.3, -0.25) is 29.4 Å². The Hall–Kier alpha value is -3.95. The van der Waals surface area contributed by atoms with Gasteiger partial charge in [0, 0.05) is 6.07 Å². The zero-order valence-corrected chi connectivity index (χ0v) is 17.4. The zero-order valence-electron chi connectivity index (χ0n) is 17.4. The van der Waals surface area contributed by atoms with Gasteiger partial charge in [0.2, 0.25) is 5.91 Å². The molecule has 10 nitrogen and oxygen atoms in total. The molecule has 31 heavy (non-hydrogen) atoms. The summed E-state index contributed by atoms with van der Waals surface area (Å²) in [6, 6.07) is 6.86. The monoisotopic (exact) mass is 427 g/mol. The van der Waals surface area contributed by atoms with Gasteiger partial charge in [-0.25, -0.2) is 0 Å². The molecule has 0 unspecified atom stereocenters. The van der Waals surface area contributed by atoms with Gasteiger partial charge >= 0.3 is 0 Å². The van der Waals surface area contributed by atoms with Crippen LogP contribution in [0.4, 0.5) is 5.69 Å². The van der Waals surface area contributed by atoms with Gasteiger partial charge in [-0.05, 0) is 43.2 Å². The van der Waals surface area contributed by atoms with Crippen molar-refractivity contribution in [3.63, 3.8) is 0 Å². The fraction of sp³-hybridized carbons (Fsp3) is 0.286. The molecule has 10 heteroatoms. The van der Waals surface area contributed by atoms with Gasteiger partial charge in [-0.2, -0.15) is 0 Å². The van der Waals surface area contributed by atoms with Crippen molar-refractivity contribution in [2.45, 2.75) is 19.9 Å². The Balaban J connectivity index is 1.77. The van der Waals surface area contributed by atoms with E-state index in [-0.39, 0.29) is 11.1 Å². The van der Waals surface area contributed by atoms with Crippen LogP contribution in [0.3, 0.4) is 0 Å². The van der Waals surface area contributed by atoms with Crippen LogP contribution in [0.25, 0.3) is 0 Å². The SMILES string of the molecule is COc1cc(C)c([C@@H](C)NC(=O)CN2C(=O)c3cccc([N+](=O)[O-])c3C2=O)cc1OC. The highest BCUT2D eigenvalue weighted by Crippen LogP contribution is 2.33. The van der Waals surface area contributed by atoms with E-state index in [2.05, 4.69) is 5.32 Å². The Kier molecular flexibility index (Phi) is 5.91. The van der Waals surface area contributed by atoms with Gasteiger partial charge < -0.3 is 14.8 Å². The molecule has 3 rings (SSSR count). The van der Waals surface area contributed by atoms with Crippen LogP contribution in [0, 0.1) is 17.0 Å². The van der Waals surface area contributed by atoms with Crippen molar-refractivity contribution >= 4 is 23.4 Å². The predicted molar refractivity (Wildman–Crippen MR) is 109 cm³/mol. The fourth-order valence-electron chi connectivity index (χ4n) is 3.58. The van der Waals surface area contributed by atoms with E-state index < -0.39 is 40.9 Å². The number of aryl methyl sites for hydroxylation is 1. The van der Waals surface area contributed by atoms with Crippen molar-refractivity contribution < 1.29 is 28.8 Å². The maximum Gasteiger partial charge on any atom is 0.282 e. The summed E-state index contributed by atoms with van der Waals surface area (Å²) in [5.74, 6) is -1.14. The number of amides is 3. The number of benzene rings is 2. The van der Waals surface area contributed by atoms with E-state index in [0.29, 0.717) is 16.4 Å². The molecule has 1 N–H and O–H groups in total. The number of nitro benzene ring substituents is 1. The van der Waals surface area contributed by atoms with E-state index in [1.165, 1.54) is 26.4 Å². The fourth-order valence-corrected chi connectivity index (χ4v) is 3.58. The van der Waals surface area contributed by atoms with E-state index in [4.69, 9.17) is 9.47 Å². The summed E-state index contributed by atoms with van der Waals surface area (Å²) < 4.78 is 10.6. The highest BCUT2D eigenvalue weighted by atomic mass is 16.6. The minimum atomic E-state index is -0.864. The number of carbonyl (C=O) groups excluding carboxylic acids is 3. The summed E-state index contributed by atoms with van der Waals surface area (Å²) in [6.07, 6.45) is 0. The third kappa shape index (κ3) is 3.91. The van der Waals surface area contributed by atoms with E-state index in [0.717, 1.165) is 17.2 Å². The average molecular weight is 427 g/mol. The highest BCUT2D eigenvalue weighted by molar-refractivity contribution is 6.24. The number of rotatable bonds is 7. The molecule has 1 atom stereocenters. The largest absolute Gasteiger partial charge is 0.493 e. The molecule has 2 aromatic carbocycles. The maximum atomic E-state index is 12.6. The summed E-state index contributed by atoms with van der Waals surface area (Å²) in [7, 11) is 3.02. The summed E-state index contributed by atoms with van der Waals surface area (Å²) in [5, 5.41) is 13.9. The van der Waals surface area contributed by atoms with Crippen LogP contribution in [0.1, 0.15) is 44.8 Å². The number of nitrogens with zero attached hydrogens (tertiary/aromatic N) is 2. The van der Waals surface area contributed by atoms with Gasteiger partial charge in [-0.15, -0.1) is 0 Å².